The van der Waals surface area contributed by atoms with Gasteiger partial charge in [-0.15, -0.1) is 0 Å². The maximum absolute atomic E-state index is 11.3. The fourth-order valence-corrected chi connectivity index (χ4v) is 2.01. The van der Waals surface area contributed by atoms with E-state index in [0.29, 0.717) is 18.3 Å². The Balaban J connectivity index is 2.33. The van der Waals surface area contributed by atoms with Crippen LogP contribution in [0.25, 0.3) is 0 Å². The van der Waals surface area contributed by atoms with E-state index in [-0.39, 0.29) is 5.91 Å². The van der Waals surface area contributed by atoms with Crippen LogP contribution in [0.3, 0.4) is 0 Å². The number of halogens is 1. The quantitative estimate of drug-likeness (QED) is 0.558. The average Bonchev–Trinajstić information content (AvgIpc) is 2.40. The molecule has 1 amide bonds. The molecule has 3 nitrogen and oxygen atoms in total. The van der Waals surface area contributed by atoms with Crippen LogP contribution in [0.4, 0.5) is 0 Å². The van der Waals surface area contributed by atoms with Crippen LogP contribution in [0.15, 0.2) is 24.3 Å². The Morgan fingerprint density at radius 3 is 3.00 bits per heavy atom. The van der Waals surface area contributed by atoms with Gasteiger partial charge in [0.15, 0.2) is 0 Å². The van der Waals surface area contributed by atoms with Gasteiger partial charge in [0, 0.05) is 18.3 Å². The highest BCUT2D eigenvalue weighted by Crippen LogP contribution is 2.14. The Labute approximate surface area is 123 Å². The molecule has 0 saturated carbocycles. The Morgan fingerprint density at radius 1 is 1.42 bits per heavy atom. The summed E-state index contributed by atoms with van der Waals surface area (Å²) in [7, 11) is 0. The minimum absolute atomic E-state index is 0.0900. The molecule has 1 aromatic carbocycles. The summed E-state index contributed by atoms with van der Waals surface area (Å²) in [6.45, 7) is 3.58. The summed E-state index contributed by atoms with van der Waals surface area (Å²) in [5, 5.41) is 3.60. The third kappa shape index (κ3) is 7.21. The molecule has 0 radical (unpaired) electrons. The van der Waals surface area contributed by atoms with Crippen molar-refractivity contribution < 1.29 is 9.53 Å². The van der Waals surface area contributed by atoms with Gasteiger partial charge in [-0.05, 0) is 30.5 Å². The lowest BCUT2D eigenvalue weighted by atomic mass is 10.1. The fraction of sp³-hybridized carbons (Fsp3) is 0.533. The maximum atomic E-state index is 11.3. The second-order valence-electron chi connectivity index (χ2n) is 4.39. The molecule has 19 heavy (non-hydrogen) atoms. The Morgan fingerprint density at radius 2 is 2.26 bits per heavy atom. The minimum Gasteiger partial charge on any atom is -0.494 e. The number of alkyl halides is 1. The summed E-state index contributed by atoms with van der Waals surface area (Å²) < 4.78 is 5.66. The summed E-state index contributed by atoms with van der Waals surface area (Å²) >= 11 is 3.25. The first-order chi connectivity index (χ1) is 9.26. The summed E-state index contributed by atoms with van der Waals surface area (Å²) in [6, 6.07) is 8.08. The van der Waals surface area contributed by atoms with Crippen LogP contribution in [-0.2, 0) is 11.2 Å². The van der Waals surface area contributed by atoms with E-state index in [0.717, 1.165) is 31.6 Å². The van der Waals surface area contributed by atoms with E-state index in [2.05, 4.69) is 34.2 Å². The number of carbonyl (C=O) groups is 1. The van der Waals surface area contributed by atoms with Crippen molar-refractivity contribution in [3.63, 3.8) is 0 Å². The predicted octanol–water partition coefficient (Wildman–Crippen LogP) is 3.31. The monoisotopic (exact) mass is 327 g/mol. The molecule has 4 heteroatoms. The Bertz CT molecular complexity index is 382. The predicted molar refractivity (Wildman–Crippen MR) is 82.0 cm³/mol. The molecule has 1 aromatic rings. The number of benzene rings is 1. The molecular formula is C15H22BrNO2. The van der Waals surface area contributed by atoms with Gasteiger partial charge < -0.3 is 10.1 Å². The van der Waals surface area contributed by atoms with E-state index in [1.54, 1.807) is 0 Å². The van der Waals surface area contributed by atoms with Crippen LogP contribution in [0.1, 0.15) is 31.7 Å². The summed E-state index contributed by atoms with van der Waals surface area (Å²) in [5.41, 5.74) is 1.19. The third-order valence-corrected chi connectivity index (χ3v) is 3.12. The van der Waals surface area contributed by atoms with Gasteiger partial charge in [-0.3, -0.25) is 4.79 Å². The first kappa shape index (κ1) is 16.0. The second-order valence-corrected chi connectivity index (χ2v) is 5.18. The molecule has 0 heterocycles. The van der Waals surface area contributed by atoms with Gasteiger partial charge in [0.1, 0.15) is 5.75 Å². The number of amides is 1. The highest BCUT2D eigenvalue weighted by Gasteiger charge is 2.00. The molecule has 0 aliphatic carbocycles. The zero-order valence-corrected chi connectivity index (χ0v) is 13.0. The zero-order valence-electron chi connectivity index (χ0n) is 11.5. The van der Waals surface area contributed by atoms with Gasteiger partial charge in [-0.1, -0.05) is 41.4 Å². The lowest BCUT2D eigenvalue weighted by Gasteiger charge is -2.08. The van der Waals surface area contributed by atoms with E-state index >= 15 is 0 Å². The molecule has 0 unspecified atom stereocenters. The van der Waals surface area contributed by atoms with Gasteiger partial charge in [0.25, 0.3) is 0 Å². The molecule has 0 fully saturated rings. The largest absolute Gasteiger partial charge is 0.494 e. The molecular weight excluding hydrogens is 306 g/mol. The van der Waals surface area contributed by atoms with Crippen molar-refractivity contribution in [1.82, 2.24) is 5.32 Å². The average molecular weight is 328 g/mol. The second kappa shape index (κ2) is 9.84. The molecule has 1 N–H and O–H groups in total. The number of hydrogen-bond donors (Lipinski definition) is 1. The lowest BCUT2D eigenvalue weighted by Crippen LogP contribution is -2.25. The van der Waals surface area contributed by atoms with Crippen LogP contribution in [0, 0.1) is 0 Å². The number of unbranched alkanes of at least 4 members (excludes halogenated alkanes) is 1. The summed E-state index contributed by atoms with van der Waals surface area (Å²) in [4.78, 5) is 11.3. The summed E-state index contributed by atoms with van der Waals surface area (Å²) in [5.74, 6) is 1.00. The molecule has 0 aliphatic rings. The smallest absolute Gasteiger partial charge is 0.220 e. The van der Waals surface area contributed by atoms with Crippen LogP contribution >= 0.6 is 15.9 Å². The van der Waals surface area contributed by atoms with Gasteiger partial charge >= 0.3 is 0 Å². The topological polar surface area (TPSA) is 38.3 Å². The molecule has 0 spiro atoms. The van der Waals surface area contributed by atoms with E-state index in [1.165, 1.54) is 5.56 Å². The minimum atomic E-state index is 0.0900. The van der Waals surface area contributed by atoms with E-state index < -0.39 is 0 Å². The van der Waals surface area contributed by atoms with Gasteiger partial charge in [-0.25, -0.2) is 0 Å². The van der Waals surface area contributed by atoms with Crippen molar-refractivity contribution in [2.45, 2.75) is 32.6 Å². The zero-order chi connectivity index (χ0) is 13.9. The lowest BCUT2D eigenvalue weighted by molar-refractivity contribution is -0.120. The maximum Gasteiger partial charge on any atom is 0.220 e. The van der Waals surface area contributed by atoms with Gasteiger partial charge in [0.05, 0.1) is 6.61 Å². The van der Waals surface area contributed by atoms with Gasteiger partial charge in [-0.2, -0.15) is 0 Å². The Hall–Kier alpha value is -1.03. The molecule has 0 aromatic heterocycles. The molecule has 0 atom stereocenters. The Kier molecular flexibility index (Phi) is 8.30. The van der Waals surface area contributed by atoms with Crippen molar-refractivity contribution in [2.24, 2.45) is 0 Å². The molecule has 106 valence electrons. The van der Waals surface area contributed by atoms with Crippen LogP contribution in [0.5, 0.6) is 5.75 Å². The third-order valence-electron chi connectivity index (χ3n) is 2.72. The van der Waals surface area contributed by atoms with Crippen LogP contribution in [-0.4, -0.2) is 24.4 Å². The number of rotatable bonds is 9. The molecule has 0 saturated heterocycles. The van der Waals surface area contributed by atoms with Crippen molar-refractivity contribution in [1.29, 1.82) is 0 Å². The molecule has 1 rings (SSSR count). The first-order valence-electron chi connectivity index (χ1n) is 6.80. The highest BCUT2D eigenvalue weighted by molar-refractivity contribution is 9.09. The van der Waals surface area contributed by atoms with Crippen molar-refractivity contribution in [3.05, 3.63) is 29.8 Å². The SMILES string of the molecule is CCCCOc1cccc(CCNC(=O)CCBr)c1. The fourth-order valence-electron chi connectivity index (χ4n) is 1.65. The van der Waals surface area contributed by atoms with Crippen LogP contribution < -0.4 is 10.1 Å². The van der Waals surface area contributed by atoms with E-state index in [1.807, 2.05) is 18.2 Å². The van der Waals surface area contributed by atoms with Crippen molar-refractivity contribution in [2.75, 3.05) is 18.5 Å². The van der Waals surface area contributed by atoms with Crippen LogP contribution in [0.2, 0.25) is 0 Å². The van der Waals surface area contributed by atoms with Crippen molar-refractivity contribution >= 4 is 21.8 Å². The summed E-state index contributed by atoms with van der Waals surface area (Å²) in [6.07, 6.45) is 3.57. The number of nitrogens with one attached hydrogen (secondary N) is 1. The molecule has 0 bridgehead atoms. The number of carbonyl (C=O) groups excluding carboxylic acids is 1. The highest BCUT2D eigenvalue weighted by atomic mass is 79.9. The number of hydrogen-bond acceptors (Lipinski definition) is 2. The van der Waals surface area contributed by atoms with E-state index in [4.69, 9.17) is 4.74 Å². The number of ether oxygens (including phenoxy) is 1. The normalized spacial score (nSPS) is 10.2. The van der Waals surface area contributed by atoms with Gasteiger partial charge in [0.2, 0.25) is 5.91 Å². The van der Waals surface area contributed by atoms with E-state index in [9.17, 15) is 4.79 Å². The van der Waals surface area contributed by atoms with Crippen molar-refractivity contribution in [3.8, 4) is 5.75 Å². The first-order valence-corrected chi connectivity index (χ1v) is 7.92. The standard InChI is InChI=1S/C15H22BrNO2/c1-2-3-11-19-14-6-4-5-13(12-14)8-10-17-15(18)7-9-16/h4-6,12H,2-3,7-11H2,1H3,(H,17,18). The molecule has 0 aliphatic heterocycles.